The number of rotatable bonds is 2. The van der Waals surface area contributed by atoms with E-state index in [1.54, 1.807) is 6.07 Å². The van der Waals surface area contributed by atoms with E-state index in [1.165, 1.54) is 0 Å². The van der Waals surface area contributed by atoms with Crippen molar-refractivity contribution in [3.8, 4) is 0 Å². The molecule has 22 heavy (non-hydrogen) atoms. The zero-order valence-corrected chi connectivity index (χ0v) is 16.2. The van der Waals surface area contributed by atoms with Crippen LogP contribution in [0.5, 0.6) is 0 Å². The highest BCUT2D eigenvalue weighted by Gasteiger charge is 2.40. The normalized spacial score (nSPS) is 28.2. The van der Waals surface area contributed by atoms with Crippen LogP contribution in [0.1, 0.15) is 24.8 Å². The number of nitrogens with two attached hydrogens (primary N) is 1. The van der Waals surface area contributed by atoms with Crippen LogP contribution in [-0.2, 0) is 4.74 Å². The Balaban J connectivity index is 0.00000176. The Labute approximate surface area is 158 Å². The summed E-state index contributed by atoms with van der Waals surface area (Å²) in [5.41, 5.74) is 7.23. The van der Waals surface area contributed by atoms with Gasteiger partial charge in [-0.2, -0.15) is 0 Å². The molecule has 0 spiro atoms. The van der Waals surface area contributed by atoms with Crippen LogP contribution in [-0.4, -0.2) is 42.7 Å². The average molecular weight is 456 g/mol. The summed E-state index contributed by atoms with van der Waals surface area (Å²) in [6, 6.07) is 5.86. The molecule has 1 unspecified atom stereocenters. The van der Waals surface area contributed by atoms with Gasteiger partial charge in [-0.1, -0.05) is 29.3 Å². The second-order valence-electron chi connectivity index (χ2n) is 5.69. The molecule has 2 N–H and O–H groups in total. The summed E-state index contributed by atoms with van der Waals surface area (Å²) in [6.07, 6.45) is 1.19. The minimum atomic E-state index is 0. The Morgan fingerprint density at radius 2 is 2.18 bits per heavy atom. The fourth-order valence-corrected chi connectivity index (χ4v) is 3.29. The first-order valence-electron chi connectivity index (χ1n) is 7.19. The summed E-state index contributed by atoms with van der Waals surface area (Å²) in [4.78, 5) is 6.73. The highest BCUT2D eigenvalue weighted by molar-refractivity contribution is 14.0. The minimum Gasteiger partial charge on any atom is -0.375 e. The number of ether oxygens (including phenoxy) is 1. The molecule has 122 valence electrons. The number of hydrogen-bond donors (Lipinski definition) is 1. The zero-order chi connectivity index (χ0) is 15.0. The van der Waals surface area contributed by atoms with Crippen LogP contribution in [0.25, 0.3) is 0 Å². The second kappa shape index (κ2) is 7.55. The Morgan fingerprint density at radius 3 is 2.86 bits per heavy atom. The first kappa shape index (κ1) is 18.1. The van der Waals surface area contributed by atoms with Gasteiger partial charge >= 0.3 is 0 Å². The lowest BCUT2D eigenvalue weighted by molar-refractivity contribution is 0.00528. The van der Waals surface area contributed by atoms with Crippen molar-refractivity contribution in [1.82, 2.24) is 4.90 Å². The molecule has 7 heteroatoms. The Bertz CT molecular complexity index is 570. The molecule has 1 aromatic carbocycles. The maximum atomic E-state index is 6.24. The van der Waals surface area contributed by atoms with Crippen LogP contribution >= 0.6 is 47.2 Å². The smallest absolute Gasteiger partial charge is 0.191 e. The van der Waals surface area contributed by atoms with E-state index in [2.05, 4.69) is 9.89 Å². The maximum Gasteiger partial charge on any atom is 0.191 e. The molecule has 0 bridgehead atoms. The number of guanidine groups is 1. The second-order valence-corrected chi connectivity index (χ2v) is 6.53. The van der Waals surface area contributed by atoms with E-state index in [4.69, 9.17) is 33.7 Å². The standard InChI is InChI=1S/C15H19Cl2N3O.HI/c1-9-8-20(4-5-21-9)15(18)19-14-7-12(14)11-3-2-10(16)6-13(11)17;/h2-3,6,9,12,14H,4-5,7-8H2,1H3,(H2,18,19);1H/t9?,12-,14+;/m0./s1. The molecule has 1 aliphatic carbocycles. The first-order chi connectivity index (χ1) is 10.0. The van der Waals surface area contributed by atoms with Crippen molar-refractivity contribution in [1.29, 1.82) is 0 Å². The van der Waals surface area contributed by atoms with Gasteiger partial charge < -0.3 is 15.4 Å². The van der Waals surface area contributed by atoms with E-state index in [0.717, 1.165) is 25.1 Å². The van der Waals surface area contributed by atoms with Gasteiger partial charge in [-0.15, -0.1) is 24.0 Å². The molecule has 2 aliphatic rings. The molecule has 1 aliphatic heterocycles. The fourth-order valence-electron chi connectivity index (χ4n) is 2.74. The van der Waals surface area contributed by atoms with Crippen molar-refractivity contribution in [2.24, 2.45) is 10.7 Å². The van der Waals surface area contributed by atoms with Crippen molar-refractivity contribution in [2.45, 2.75) is 31.4 Å². The fraction of sp³-hybridized carbons (Fsp3) is 0.533. The largest absolute Gasteiger partial charge is 0.375 e. The zero-order valence-electron chi connectivity index (χ0n) is 12.3. The van der Waals surface area contributed by atoms with Crippen LogP contribution in [0, 0.1) is 0 Å². The third-order valence-electron chi connectivity index (χ3n) is 3.98. The van der Waals surface area contributed by atoms with E-state index in [1.807, 2.05) is 19.1 Å². The van der Waals surface area contributed by atoms with Gasteiger partial charge in [-0.3, -0.25) is 0 Å². The highest BCUT2D eigenvalue weighted by atomic mass is 127. The number of morpholine rings is 1. The molecule has 2 fully saturated rings. The molecule has 0 aromatic heterocycles. The number of halogens is 3. The summed E-state index contributed by atoms with van der Waals surface area (Å²) < 4.78 is 5.51. The molecule has 1 saturated heterocycles. The SMILES string of the molecule is CC1CN(C(N)=N[C@@H]2C[C@H]2c2ccc(Cl)cc2Cl)CCO1.I. The Kier molecular flexibility index (Phi) is 6.22. The Morgan fingerprint density at radius 1 is 1.41 bits per heavy atom. The van der Waals surface area contributed by atoms with Crippen molar-refractivity contribution >= 4 is 53.1 Å². The Hall–Kier alpha value is -0.240. The van der Waals surface area contributed by atoms with Crippen molar-refractivity contribution in [2.75, 3.05) is 19.7 Å². The van der Waals surface area contributed by atoms with E-state index >= 15 is 0 Å². The molecule has 3 rings (SSSR count). The van der Waals surface area contributed by atoms with Crippen LogP contribution < -0.4 is 5.73 Å². The predicted molar refractivity (Wildman–Crippen MR) is 102 cm³/mol. The van der Waals surface area contributed by atoms with Crippen molar-refractivity contribution in [3.63, 3.8) is 0 Å². The molecule has 0 radical (unpaired) electrons. The van der Waals surface area contributed by atoms with E-state index in [9.17, 15) is 0 Å². The summed E-state index contributed by atoms with van der Waals surface area (Å²) in [6.45, 7) is 4.36. The molecular weight excluding hydrogens is 436 g/mol. The number of nitrogens with zero attached hydrogens (tertiary/aromatic N) is 2. The number of benzene rings is 1. The van der Waals surface area contributed by atoms with Gasteiger partial charge in [0.05, 0.1) is 18.8 Å². The molecule has 1 aromatic rings. The summed E-state index contributed by atoms with van der Waals surface area (Å²) >= 11 is 12.2. The van der Waals surface area contributed by atoms with Crippen LogP contribution in [0.15, 0.2) is 23.2 Å². The topological polar surface area (TPSA) is 50.8 Å². The molecule has 4 nitrogen and oxygen atoms in total. The van der Waals surface area contributed by atoms with Crippen molar-refractivity contribution in [3.05, 3.63) is 33.8 Å². The predicted octanol–water partition coefficient (Wildman–Crippen LogP) is 3.50. The lowest BCUT2D eigenvalue weighted by Crippen LogP contribution is -2.48. The van der Waals surface area contributed by atoms with Crippen LogP contribution in [0.3, 0.4) is 0 Å². The van der Waals surface area contributed by atoms with E-state index in [0.29, 0.717) is 28.5 Å². The van der Waals surface area contributed by atoms with Gasteiger partial charge in [-0.25, -0.2) is 4.99 Å². The molecule has 1 heterocycles. The average Bonchev–Trinajstić information content (AvgIpc) is 3.17. The quantitative estimate of drug-likeness (QED) is 0.421. The van der Waals surface area contributed by atoms with Crippen LogP contribution in [0.2, 0.25) is 10.0 Å². The summed E-state index contributed by atoms with van der Waals surface area (Å²) in [5, 5.41) is 1.37. The van der Waals surface area contributed by atoms with Gasteiger partial charge in [0.2, 0.25) is 0 Å². The minimum absolute atomic E-state index is 0. The molecule has 0 amide bonds. The lowest BCUT2D eigenvalue weighted by atomic mass is 10.1. The molecule has 1 saturated carbocycles. The number of hydrogen-bond acceptors (Lipinski definition) is 2. The van der Waals surface area contributed by atoms with E-state index in [-0.39, 0.29) is 36.1 Å². The summed E-state index contributed by atoms with van der Waals surface area (Å²) in [7, 11) is 0. The van der Waals surface area contributed by atoms with Gasteiger partial charge in [0.15, 0.2) is 5.96 Å². The molecule has 3 atom stereocenters. The van der Waals surface area contributed by atoms with Crippen LogP contribution in [0.4, 0.5) is 0 Å². The van der Waals surface area contributed by atoms with Crippen molar-refractivity contribution < 1.29 is 4.74 Å². The van der Waals surface area contributed by atoms with Gasteiger partial charge in [0.1, 0.15) is 0 Å². The summed E-state index contributed by atoms with van der Waals surface area (Å²) in [5.74, 6) is 0.967. The number of aliphatic imine (C=N–C) groups is 1. The first-order valence-corrected chi connectivity index (χ1v) is 7.95. The molecular formula is C15H20Cl2IN3O. The van der Waals surface area contributed by atoms with Gasteiger partial charge in [-0.05, 0) is 31.0 Å². The highest BCUT2D eigenvalue weighted by Crippen LogP contribution is 2.46. The third-order valence-corrected chi connectivity index (χ3v) is 4.54. The van der Waals surface area contributed by atoms with E-state index < -0.39 is 0 Å². The lowest BCUT2D eigenvalue weighted by Gasteiger charge is -2.31. The van der Waals surface area contributed by atoms with Gasteiger partial charge in [0.25, 0.3) is 0 Å². The van der Waals surface area contributed by atoms with Gasteiger partial charge in [0, 0.05) is 29.1 Å². The third kappa shape index (κ3) is 4.19. The maximum absolute atomic E-state index is 6.24. The monoisotopic (exact) mass is 455 g/mol.